The van der Waals surface area contributed by atoms with Crippen LogP contribution in [-0.2, 0) is 22.7 Å². The van der Waals surface area contributed by atoms with Crippen LogP contribution < -0.4 is 15.4 Å². The number of esters is 1. The largest absolute Gasteiger partial charge is 0.420 e. The molecule has 0 unspecified atom stereocenters. The number of nitrogens with one attached hydrogen (secondary N) is 2. The summed E-state index contributed by atoms with van der Waals surface area (Å²) in [6.45, 7) is 0.424. The molecular formula is C20H16F5N3O3. The average molecular weight is 441 g/mol. The van der Waals surface area contributed by atoms with Crippen molar-refractivity contribution < 1.29 is 36.3 Å². The first-order valence-corrected chi connectivity index (χ1v) is 8.97. The van der Waals surface area contributed by atoms with E-state index < -0.39 is 47.2 Å². The van der Waals surface area contributed by atoms with Gasteiger partial charge in [-0.25, -0.2) is 13.2 Å². The van der Waals surface area contributed by atoms with E-state index in [1.165, 1.54) is 0 Å². The number of halogens is 5. The number of benzene rings is 2. The van der Waals surface area contributed by atoms with Crippen LogP contribution in [-0.4, -0.2) is 24.0 Å². The first kappa shape index (κ1) is 22.2. The molecule has 164 valence electrons. The SMILES string of the molecule is CNCc1cc2cc(NC=O)ccc2n1CCC(=O)Oc1c(F)c(F)c(F)c(F)c1F. The van der Waals surface area contributed by atoms with E-state index >= 15 is 0 Å². The van der Waals surface area contributed by atoms with Crippen LogP contribution in [0.3, 0.4) is 0 Å². The molecule has 2 aromatic carbocycles. The molecule has 1 aromatic heterocycles. The lowest BCUT2D eigenvalue weighted by atomic mass is 10.2. The minimum absolute atomic E-state index is 0.00913. The normalized spacial score (nSPS) is 11.0. The molecule has 0 bridgehead atoms. The summed E-state index contributed by atoms with van der Waals surface area (Å²) in [5.41, 5.74) is 2.01. The van der Waals surface area contributed by atoms with Gasteiger partial charge in [0.05, 0.1) is 6.42 Å². The van der Waals surface area contributed by atoms with Crippen LogP contribution in [0.1, 0.15) is 12.1 Å². The summed E-state index contributed by atoms with van der Waals surface area (Å²) in [4.78, 5) is 22.7. The molecule has 1 heterocycles. The number of rotatable bonds is 8. The number of fused-ring (bicyclic) bond motifs is 1. The predicted octanol–water partition coefficient (Wildman–Crippen LogP) is 3.62. The summed E-state index contributed by atoms with van der Waals surface area (Å²) in [5, 5.41) is 6.24. The third-order valence-electron chi connectivity index (χ3n) is 4.50. The molecule has 0 atom stereocenters. The molecule has 0 fully saturated rings. The van der Waals surface area contributed by atoms with Crippen molar-refractivity contribution in [3.05, 3.63) is 59.0 Å². The highest BCUT2D eigenvalue weighted by molar-refractivity contribution is 5.87. The monoisotopic (exact) mass is 441 g/mol. The van der Waals surface area contributed by atoms with Gasteiger partial charge in [0.2, 0.25) is 41.2 Å². The number of carbonyl (C=O) groups excluding carboxylic acids is 2. The summed E-state index contributed by atoms with van der Waals surface area (Å²) in [5.74, 6) is -14.0. The van der Waals surface area contributed by atoms with Gasteiger partial charge in [-0.15, -0.1) is 0 Å². The van der Waals surface area contributed by atoms with Gasteiger partial charge in [0.1, 0.15) is 0 Å². The minimum atomic E-state index is -2.34. The fourth-order valence-electron chi connectivity index (χ4n) is 3.12. The second-order valence-corrected chi connectivity index (χ2v) is 6.48. The van der Waals surface area contributed by atoms with Crippen LogP contribution in [0.5, 0.6) is 5.75 Å². The van der Waals surface area contributed by atoms with Crippen molar-refractivity contribution in [2.24, 2.45) is 0 Å². The molecule has 1 amide bonds. The summed E-state index contributed by atoms with van der Waals surface area (Å²) < 4.78 is 73.2. The Bertz CT molecular complexity index is 1130. The fraction of sp³-hybridized carbons (Fsp3) is 0.200. The molecule has 0 radical (unpaired) electrons. The number of anilines is 1. The van der Waals surface area contributed by atoms with E-state index in [4.69, 9.17) is 0 Å². The standard InChI is InChI=1S/C20H16F5N3O3/c1-26-8-12-7-10-6-11(27-9-29)2-3-13(10)28(12)5-4-14(30)31-20-18(24)16(22)15(21)17(23)19(20)25/h2-3,6-7,9,26H,4-5,8H2,1H3,(H,27,29). The quantitative estimate of drug-likeness (QED) is 0.140. The number of nitrogens with zero attached hydrogens (tertiary/aromatic N) is 1. The van der Waals surface area contributed by atoms with E-state index in [9.17, 15) is 31.5 Å². The van der Waals surface area contributed by atoms with Gasteiger partial charge in [-0.3, -0.25) is 9.59 Å². The van der Waals surface area contributed by atoms with Crippen molar-refractivity contribution in [1.82, 2.24) is 9.88 Å². The van der Waals surface area contributed by atoms with E-state index in [2.05, 4.69) is 15.4 Å². The Morgan fingerprint density at radius 3 is 2.29 bits per heavy atom. The smallest absolute Gasteiger partial charge is 0.313 e. The summed E-state index contributed by atoms with van der Waals surface area (Å²) in [6, 6.07) is 6.88. The number of hydrogen-bond donors (Lipinski definition) is 2. The van der Waals surface area contributed by atoms with Crippen LogP contribution in [0.2, 0.25) is 0 Å². The Labute approximate surface area is 172 Å². The molecule has 0 aliphatic rings. The molecule has 2 N–H and O–H groups in total. The van der Waals surface area contributed by atoms with E-state index in [-0.39, 0.29) is 6.54 Å². The Morgan fingerprint density at radius 1 is 1.03 bits per heavy atom. The Kier molecular flexibility index (Phi) is 6.54. The lowest BCUT2D eigenvalue weighted by molar-refractivity contribution is -0.135. The second-order valence-electron chi connectivity index (χ2n) is 6.48. The number of carbonyl (C=O) groups is 2. The molecule has 0 saturated heterocycles. The summed E-state index contributed by atoms with van der Waals surface area (Å²) in [6.07, 6.45) is 0.121. The lowest BCUT2D eigenvalue weighted by Crippen LogP contribution is -2.17. The van der Waals surface area contributed by atoms with Crippen LogP contribution in [0.4, 0.5) is 27.6 Å². The van der Waals surface area contributed by atoms with Crippen molar-refractivity contribution in [3.8, 4) is 5.75 Å². The van der Waals surface area contributed by atoms with Crippen LogP contribution in [0.15, 0.2) is 24.3 Å². The van der Waals surface area contributed by atoms with Crippen molar-refractivity contribution in [3.63, 3.8) is 0 Å². The van der Waals surface area contributed by atoms with Crippen molar-refractivity contribution in [2.75, 3.05) is 12.4 Å². The van der Waals surface area contributed by atoms with E-state index in [0.717, 1.165) is 11.1 Å². The van der Waals surface area contributed by atoms with Gasteiger partial charge in [-0.05, 0) is 31.3 Å². The first-order valence-electron chi connectivity index (χ1n) is 8.97. The molecule has 0 spiro atoms. The first-order chi connectivity index (χ1) is 14.8. The van der Waals surface area contributed by atoms with Crippen LogP contribution in [0, 0.1) is 29.1 Å². The average Bonchev–Trinajstić information content (AvgIpc) is 3.09. The zero-order valence-electron chi connectivity index (χ0n) is 16.1. The topological polar surface area (TPSA) is 72.4 Å². The maximum absolute atomic E-state index is 13.7. The van der Waals surface area contributed by atoms with Crippen molar-refractivity contribution in [1.29, 1.82) is 0 Å². The fourth-order valence-corrected chi connectivity index (χ4v) is 3.12. The number of hydrogen-bond acceptors (Lipinski definition) is 4. The summed E-state index contributed by atoms with van der Waals surface area (Å²) in [7, 11) is 1.71. The van der Waals surface area contributed by atoms with E-state index in [0.29, 0.717) is 24.2 Å². The van der Waals surface area contributed by atoms with Gasteiger partial charge in [-0.1, -0.05) is 0 Å². The molecule has 0 aliphatic heterocycles. The Hall–Kier alpha value is -3.47. The maximum atomic E-state index is 13.7. The minimum Gasteiger partial charge on any atom is -0.420 e. The third-order valence-corrected chi connectivity index (χ3v) is 4.50. The van der Waals surface area contributed by atoms with Gasteiger partial charge in [0.25, 0.3) is 0 Å². The molecule has 31 heavy (non-hydrogen) atoms. The number of amides is 1. The van der Waals surface area contributed by atoms with Crippen molar-refractivity contribution in [2.45, 2.75) is 19.5 Å². The van der Waals surface area contributed by atoms with Gasteiger partial charge in [0.15, 0.2) is 0 Å². The highest BCUT2D eigenvalue weighted by Crippen LogP contribution is 2.30. The van der Waals surface area contributed by atoms with Gasteiger partial charge < -0.3 is 19.9 Å². The molecule has 0 aliphatic carbocycles. The highest BCUT2D eigenvalue weighted by Gasteiger charge is 2.28. The zero-order valence-corrected chi connectivity index (χ0v) is 16.1. The number of aryl methyl sites for hydroxylation is 1. The molecule has 0 saturated carbocycles. The molecule has 11 heteroatoms. The Balaban J connectivity index is 1.83. The Morgan fingerprint density at radius 2 is 1.68 bits per heavy atom. The maximum Gasteiger partial charge on any atom is 0.313 e. The van der Waals surface area contributed by atoms with Crippen LogP contribution in [0.25, 0.3) is 10.9 Å². The van der Waals surface area contributed by atoms with E-state index in [1.807, 2.05) is 6.07 Å². The lowest BCUT2D eigenvalue weighted by Gasteiger charge is -2.12. The van der Waals surface area contributed by atoms with Gasteiger partial charge in [0, 0.05) is 35.4 Å². The molecule has 3 rings (SSSR count). The third kappa shape index (κ3) is 4.36. The molecule has 3 aromatic rings. The van der Waals surface area contributed by atoms with Crippen molar-refractivity contribution >= 4 is 29.0 Å². The van der Waals surface area contributed by atoms with Gasteiger partial charge in [-0.2, -0.15) is 8.78 Å². The molecule has 6 nitrogen and oxygen atoms in total. The van der Waals surface area contributed by atoms with E-state index in [1.54, 1.807) is 29.8 Å². The van der Waals surface area contributed by atoms with Gasteiger partial charge >= 0.3 is 5.97 Å². The van der Waals surface area contributed by atoms with Crippen LogP contribution >= 0.6 is 0 Å². The second kappa shape index (κ2) is 9.13. The number of ether oxygens (including phenoxy) is 1. The molecular weight excluding hydrogens is 425 g/mol. The predicted molar refractivity (Wildman–Crippen MR) is 101 cm³/mol. The number of aromatic nitrogens is 1. The highest BCUT2D eigenvalue weighted by atomic mass is 19.2. The zero-order chi connectivity index (χ0) is 22.7. The summed E-state index contributed by atoms with van der Waals surface area (Å²) >= 11 is 0.